The molecule has 1 unspecified atom stereocenters. The van der Waals surface area contributed by atoms with Crippen LogP contribution in [0.4, 0.5) is 0 Å². The maximum absolute atomic E-state index is 12.1. The Morgan fingerprint density at radius 3 is 2.47 bits per heavy atom. The summed E-state index contributed by atoms with van der Waals surface area (Å²) < 4.78 is 5.35. The van der Waals surface area contributed by atoms with Gasteiger partial charge in [0, 0.05) is 26.2 Å². The molecule has 4 nitrogen and oxygen atoms in total. The van der Waals surface area contributed by atoms with Crippen molar-refractivity contribution in [2.24, 2.45) is 11.8 Å². The van der Waals surface area contributed by atoms with Gasteiger partial charge < -0.3 is 15.2 Å². The topological polar surface area (TPSA) is 58.6 Å². The first-order valence-corrected chi connectivity index (χ1v) is 7.66. The molecule has 1 amide bonds. The van der Waals surface area contributed by atoms with E-state index in [4.69, 9.17) is 9.84 Å². The molecule has 0 aromatic heterocycles. The summed E-state index contributed by atoms with van der Waals surface area (Å²) in [5, 5.41) is 12.2. The maximum Gasteiger partial charge on any atom is 0.220 e. The number of methoxy groups -OCH3 is 1. The van der Waals surface area contributed by atoms with E-state index in [1.807, 2.05) is 0 Å². The molecule has 1 atom stereocenters. The van der Waals surface area contributed by atoms with Crippen LogP contribution in [0.1, 0.15) is 51.4 Å². The van der Waals surface area contributed by atoms with Crippen molar-refractivity contribution in [2.75, 3.05) is 13.7 Å². The molecule has 0 aliphatic heterocycles. The van der Waals surface area contributed by atoms with Crippen LogP contribution in [0.2, 0.25) is 0 Å². The Morgan fingerprint density at radius 2 is 1.95 bits per heavy atom. The van der Waals surface area contributed by atoms with Gasteiger partial charge in [-0.3, -0.25) is 4.79 Å². The van der Waals surface area contributed by atoms with E-state index >= 15 is 0 Å². The normalized spacial score (nSPS) is 28.9. The molecule has 0 heterocycles. The van der Waals surface area contributed by atoms with Crippen LogP contribution in [0, 0.1) is 11.8 Å². The van der Waals surface area contributed by atoms with Gasteiger partial charge in [0.25, 0.3) is 0 Å². The van der Waals surface area contributed by atoms with Gasteiger partial charge >= 0.3 is 0 Å². The molecule has 19 heavy (non-hydrogen) atoms. The summed E-state index contributed by atoms with van der Waals surface area (Å²) in [4.78, 5) is 12.1. The van der Waals surface area contributed by atoms with Crippen LogP contribution in [0.15, 0.2) is 0 Å². The quantitative estimate of drug-likeness (QED) is 0.741. The Kier molecular flexibility index (Phi) is 5.64. The number of hydrogen-bond acceptors (Lipinski definition) is 3. The molecule has 0 aromatic rings. The van der Waals surface area contributed by atoms with Crippen molar-refractivity contribution in [3.63, 3.8) is 0 Å². The lowest BCUT2D eigenvalue weighted by molar-refractivity contribution is -0.123. The second-order valence-electron chi connectivity index (χ2n) is 6.11. The number of carbonyl (C=O) groups is 1. The third-order valence-electron chi connectivity index (χ3n) is 4.58. The molecule has 4 heteroatoms. The first-order valence-electron chi connectivity index (χ1n) is 7.66. The Bertz CT molecular complexity index is 283. The van der Waals surface area contributed by atoms with Crippen molar-refractivity contribution in [3.05, 3.63) is 0 Å². The molecule has 0 spiro atoms. The van der Waals surface area contributed by atoms with E-state index < -0.39 is 0 Å². The monoisotopic (exact) mass is 269 g/mol. The zero-order valence-electron chi connectivity index (χ0n) is 11.9. The highest BCUT2D eigenvalue weighted by Crippen LogP contribution is 2.34. The molecule has 2 N–H and O–H groups in total. The molecule has 0 radical (unpaired) electrons. The largest absolute Gasteiger partial charge is 0.396 e. The zero-order chi connectivity index (χ0) is 13.7. The van der Waals surface area contributed by atoms with Crippen LogP contribution in [0.25, 0.3) is 0 Å². The summed E-state index contributed by atoms with van der Waals surface area (Å²) >= 11 is 0. The molecule has 0 saturated heterocycles. The molecule has 2 saturated carbocycles. The van der Waals surface area contributed by atoms with Crippen LogP contribution < -0.4 is 5.32 Å². The predicted molar refractivity (Wildman–Crippen MR) is 73.7 cm³/mol. The third-order valence-corrected chi connectivity index (χ3v) is 4.58. The second-order valence-corrected chi connectivity index (χ2v) is 6.11. The first kappa shape index (κ1) is 14.8. The van der Waals surface area contributed by atoms with E-state index in [9.17, 15) is 4.79 Å². The summed E-state index contributed by atoms with van der Waals surface area (Å²) in [5.41, 5.74) is 0. The van der Waals surface area contributed by atoms with E-state index in [0.717, 1.165) is 25.7 Å². The van der Waals surface area contributed by atoms with Crippen molar-refractivity contribution in [3.8, 4) is 0 Å². The van der Waals surface area contributed by atoms with E-state index in [1.165, 1.54) is 12.8 Å². The van der Waals surface area contributed by atoms with Gasteiger partial charge in [-0.25, -0.2) is 0 Å². The Hall–Kier alpha value is -0.610. The third kappa shape index (κ3) is 4.77. The smallest absolute Gasteiger partial charge is 0.220 e. The number of amides is 1. The van der Waals surface area contributed by atoms with Crippen molar-refractivity contribution in [1.29, 1.82) is 0 Å². The zero-order valence-corrected chi connectivity index (χ0v) is 11.9. The average Bonchev–Trinajstić information content (AvgIpc) is 3.23. The Labute approximate surface area is 115 Å². The highest BCUT2D eigenvalue weighted by Gasteiger charge is 2.32. The van der Waals surface area contributed by atoms with Crippen LogP contribution in [-0.4, -0.2) is 36.9 Å². The lowest BCUT2D eigenvalue weighted by Crippen LogP contribution is -2.38. The van der Waals surface area contributed by atoms with E-state index in [1.54, 1.807) is 7.11 Å². The molecule has 2 fully saturated rings. The summed E-state index contributed by atoms with van der Waals surface area (Å²) in [5.74, 6) is 1.30. The molecule has 2 aliphatic carbocycles. The van der Waals surface area contributed by atoms with E-state index in [0.29, 0.717) is 30.8 Å². The summed E-state index contributed by atoms with van der Waals surface area (Å²) in [7, 11) is 1.77. The minimum atomic E-state index is 0.167. The molecular formula is C15H27NO3. The predicted octanol–water partition coefficient (Wildman–Crippen LogP) is 1.86. The van der Waals surface area contributed by atoms with Gasteiger partial charge in [0.05, 0.1) is 6.10 Å². The van der Waals surface area contributed by atoms with E-state index in [-0.39, 0.29) is 18.6 Å². The number of hydrogen-bond donors (Lipinski definition) is 2. The Balaban J connectivity index is 1.68. The lowest BCUT2D eigenvalue weighted by Gasteiger charge is -2.27. The maximum atomic E-state index is 12.1. The van der Waals surface area contributed by atoms with E-state index in [2.05, 4.69) is 5.32 Å². The number of aliphatic hydroxyl groups excluding tert-OH is 1. The minimum Gasteiger partial charge on any atom is -0.396 e. The van der Waals surface area contributed by atoms with Gasteiger partial charge in [0.15, 0.2) is 0 Å². The molecule has 0 aromatic carbocycles. The fraction of sp³-hybridized carbons (Fsp3) is 0.933. The minimum absolute atomic E-state index is 0.167. The summed E-state index contributed by atoms with van der Waals surface area (Å²) in [6.07, 6.45) is 8.49. The molecule has 0 bridgehead atoms. The number of nitrogens with one attached hydrogen (secondary N) is 1. The van der Waals surface area contributed by atoms with Crippen molar-refractivity contribution in [1.82, 2.24) is 5.32 Å². The Morgan fingerprint density at radius 1 is 1.26 bits per heavy atom. The van der Waals surface area contributed by atoms with Crippen molar-refractivity contribution < 1.29 is 14.6 Å². The SMILES string of the molecule is COC1CCC(CC(=O)NC(CCO)C2CC2)CC1. The van der Waals surface area contributed by atoms with Gasteiger partial charge in [-0.2, -0.15) is 0 Å². The van der Waals surface area contributed by atoms with Crippen LogP contribution in [0.3, 0.4) is 0 Å². The van der Waals surface area contributed by atoms with Gasteiger partial charge in [0.1, 0.15) is 0 Å². The summed E-state index contributed by atoms with van der Waals surface area (Å²) in [6.45, 7) is 0.167. The van der Waals surface area contributed by atoms with Crippen molar-refractivity contribution in [2.45, 2.75) is 63.5 Å². The average molecular weight is 269 g/mol. The van der Waals surface area contributed by atoms with Crippen LogP contribution in [-0.2, 0) is 9.53 Å². The lowest BCUT2D eigenvalue weighted by atomic mass is 9.85. The number of ether oxygens (including phenoxy) is 1. The number of carbonyl (C=O) groups excluding carboxylic acids is 1. The first-order chi connectivity index (χ1) is 9.22. The standard InChI is InChI=1S/C15H27NO3/c1-19-13-6-2-11(3-7-13)10-15(18)16-14(8-9-17)12-4-5-12/h11-14,17H,2-10H2,1H3,(H,16,18). The highest BCUT2D eigenvalue weighted by atomic mass is 16.5. The second kappa shape index (κ2) is 7.25. The fourth-order valence-electron chi connectivity index (χ4n) is 3.16. The molecule has 2 aliphatic rings. The van der Waals surface area contributed by atoms with Gasteiger partial charge in [-0.15, -0.1) is 0 Å². The summed E-state index contributed by atoms with van der Waals surface area (Å²) in [6, 6.07) is 0.202. The van der Waals surface area contributed by atoms with Crippen LogP contribution >= 0.6 is 0 Å². The van der Waals surface area contributed by atoms with Crippen molar-refractivity contribution >= 4 is 5.91 Å². The van der Waals surface area contributed by atoms with Gasteiger partial charge in [0.2, 0.25) is 5.91 Å². The van der Waals surface area contributed by atoms with Crippen LogP contribution in [0.5, 0.6) is 0 Å². The molecule has 110 valence electrons. The fourth-order valence-corrected chi connectivity index (χ4v) is 3.16. The highest BCUT2D eigenvalue weighted by molar-refractivity contribution is 5.76. The van der Waals surface area contributed by atoms with Gasteiger partial charge in [-0.05, 0) is 56.8 Å². The molecular weight excluding hydrogens is 242 g/mol. The number of aliphatic hydroxyl groups is 1. The molecule has 2 rings (SSSR count). The van der Waals surface area contributed by atoms with Gasteiger partial charge in [-0.1, -0.05) is 0 Å². The number of rotatable bonds is 7.